The lowest BCUT2D eigenvalue weighted by Crippen LogP contribution is -2.31. The highest BCUT2D eigenvalue weighted by Crippen LogP contribution is 2.25. The summed E-state index contributed by atoms with van der Waals surface area (Å²) in [6, 6.07) is 10.6. The Labute approximate surface area is 188 Å². The first kappa shape index (κ1) is 21.1. The Bertz CT molecular complexity index is 1390. The van der Waals surface area contributed by atoms with Gasteiger partial charge < -0.3 is 5.32 Å². The molecule has 0 aliphatic carbocycles. The van der Waals surface area contributed by atoms with Crippen LogP contribution in [0.15, 0.2) is 47.4 Å². The molecule has 1 amide bonds. The van der Waals surface area contributed by atoms with Crippen LogP contribution in [0.25, 0.3) is 16.6 Å². The van der Waals surface area contributed by atoms with Crippen LogP contribution in [0.4, 0.5) is 5.69 Å². The number of aryl methyl sites for hydroxylation is 3. The average Bonchev–Trinajstić information content (AvgIpc) is 3.17. The summed E-state index contributed by atoms with van der Waals surface area (Å²) in [7, 11) is 0. The van der Waals surface area contributed by atoms with E-state index in [1.54, 1.807) is 36.0 Å². The molecule has 0 aliphatic heterocycles. The van der Waals surface area contributed by atoms with Crippen molar-refractivity contribution in [1.29, 1.82) is 0 Å². The Hall–Kier alpha value is -3.16. The lowest BCUT2D eigenvalue weighted by molar-refractivity contribution is -0.117. The molecule has 7 nitrogen and oxygen atoms in total. The molecule has 158 valence electrons. The molecule has 0 unspecified atom stereocenters. The predicted octanol–water partition coefficient (Wildman–Crippen LogP) is 4.45. The average molecular weight is 456 g/mol. The SMILES string of the molecule is Cc1ccc(-n2ncc3c(C)nn(CC(=O)Nc4ccc(Cl)c(Cl)c4)c(=O)c32)cc1C. The van der Waals surface area contributed by atoms with Gasteiger partial charge in [0.25, 0.3) is 5.56 Å². The molecule has 2 aromatic carbocycles. The standard InChI is InChI=1S/C22H19Cl2N5O2/c1-12-4-6-16(8-13(12)2)29-21-17(10-25-29)14(3)27-28(22(21)31)11-20(30)26-15-5-7-18(23)19(24)9-15/h4-10H,11H2,1-3H3,(H,26,30). The second kappa shape index (κ2) is 8.17. The van der Waals surface area contributed by atoms with Gasteiger partial charge in [-0.1, -0.05) is 29.3 Å². The Morgan fingerprint density at radius 1 is 1.03 bits per heavy atom. The van der Waals surface area contributed by atoms with E-state index in [2.05, 4.69) is 15.5 Å². The van der Waals surface area contributed by atoms with Crippen molar-refractivity contribution in [2.24, 2.45) is 0 Å². The van der Waals surface area contributed by atoms with Crippen molar-refractivity contribution in [3.63, 3.8) is 0 Å². The largest absolute Gasteiger partial charge is 0.324 e. The van der Waals surface area contributed by atoms with Crippen LogP contribution in [0.3, 0.4) is 0 Å². The molecule has 0 atom stereocenters. The lowest BCUT2D eigenvalue weighted by Gasteiger charge is -2.10. The number of nitrogens with zero attached hydrogens (tertiary/aromatic N) is 4. The van der Waals surface area contributed by atoms with Crippen molar-refractivity contribution in [3.8, 4) is 5.69 Å². The molecule has 2 heterocycles. The number of hydrogen-bond donors (Lipinski definition) is 1. The molecule has 4 aromatic rings. The lowest BCUT2D eigenvalue weighted by atomic mass is 10.1. The summed E-state index contributed by atoms with van der Waals surface area (Å²) in [5.41, 5.74) is 4.06. The van der Waals surface area contributed by atoms with Gasteiger partial charge in [0.05, 0.1) is 27.6 Å². The maximum atomic E-state index is 13.2. The second-order valence-corrected chi connectivity index (χ2v) is 8.13. The maximum absolute atomic E-state index is 13.2. The third-order valence-corrected chi connectivity index (χ3v) is 5.84. The van der Waals surface area contributed by atoms with Gasteiger partial charge in [0.1, 0.15) is 12.1 Å². The van der Waals surface area contributed by atoms with Crippen molar-refractivity contribution in [3.05, 3.63) is 79.8 Å². The molecule has 4 rings (SSSR count). The van der Waals surface area contributed by atoms with Crippen molar-refractivity contribution in [2.75, 3.05) is 5.32 Å². The number of nitrogens with one attached hydrogen (secondary N) is 1. The maximum Gasteiger partial charge on any atom is 0.293 e. The number of rotatable bonds is 4. The van der Waals surface area contributed by atoms with Gasteiger partial charge in [-0.3, -0.25) is 9.59 Å². The van der Waals surface area contributed by atoms with Crippen molar-refractivity contribution >= 4 is 45.7 Å². The van der Waals surface area contributed by atoms with Crippen LogP contribution < -0.4 is 10.9 Å². The molecule has 9 heteroatoms. The van der Waals surface area contributed by atoms with Gasteiger partial charge in [-0.15, -0.1) is 0 Å². The zero-order valence-electron chi connectivity index (χ0n) is 17.1. The van der Waals surface area contributed by atoms with Gasteiger partial charge in [-0.05, 0) is 62.2 Å². The van der Waals surface area contributed by atoms with E-state index < -0.39 is 11.5 Å². The van der Waals surface area contributed by atoms with E-state index in [-0.39, 0.29) is 6.54 Å². The fourth-order valence-electron chi connectivity index (χ4n) is 3.29. The van der Waals surface area contributed by atoms with E-state index in [4.69, 9.17) is 23.2 Å². The minimum atomic E-state index is -0.413. The molecule has 0 saturated heterocycles. The predicted molar refractivity (Wildman–Crippen MR) is 122 cm³/mol. The van der Waals surface area contributed by atoms with Gasteiger partial charge in [-0.25, -0.2) is 9.36 Å². The van der Waals surface area contributed by atoms with Crippen LogP contribution in [0.1, 0.15) is 16.8 Å². The van der Waals surface area contributed by atoms with Crippen LogP contribution >= 0.6 is 23.2 Å². The molecule has 0 bridgehead atoms. The third kappa shape index (κ3) is 4.06. The summed E-state index contributed by atoms with van der Waals surface area (Å²) in [5.74, 6) is -0.413. The van der Waals surface area contributed by atoms with Crippen molar-refractivity contribution < 1.29 is 4.79 Å². The number of benzene rings is 2. The van der Waals surface area contributed by atoms with E-state index in [9.17, 15) is 9.59 Å². The molecule has 0 saturated carbocycles. The van der Waals surface area contributed by atoms with Gasteiger partial charge >= 0.3 is 0 Å². The zero-order valence-corrected chi connectivity index (χ0v) is 18.6. The number of amides is 1. The summed E-state index contributed by atoms with van der Waals surface area (Å²) in [6.07, 6.45) is 1.62. The molecule has 2 aromatic heterocycles. The van der Waals surface area contributed by atoms with E-state index in [0.717, 1.165) is 21.5 Å². The Balaban J connectivity index is 1.71. The molecule has 31 heavy (non-hydrogen) atoms. The first-order valence-corrected chi connectivity index (χ1v) is 10.3. The number of aromatic nitrogens is 4. The molecule has 0 radical (unpaired) electrons. The van der Waals surface area contributed by atoms with Crippen molar-refractivity contribution in [2.45, 2.75) is 27.3 Å². The van der Waals surface area contributed by atoms with Crippen LogP contribution in [0, 0.1) is 20.8 Å². The van der Waals surface area contributed by atoms with E-state index in [0.29, 0.717) is 32.3 Å². The van der Waals surface area contributed by atoms with Crippen molar-refractivity contribution in [1.82, 2.24) is 19.6 Å². The highest BCUT2D eigenvalue weighted by atomic mass is 35.5. The van der Waals surface area contributed by atoms with Gasteiger partial charge in [-0.2, -0.15) is 10.2 Å². The highest BCUT2D eigenvalue weighted by molar-refractivity contribution is 6.42. The van der Waals surface area contributed by atoms with Crippen LogP contribution in [-0.2, 0) is 11.3 Å². The van der Waals surface area contributed by atoms with E-state index in [1.807, 2.05) is 32.0 Å². The number of anilines is 1. The van der Waals surface area contributed by atoms with Gasteiger partial charge in [0.2, 0.25) is 5.91 Å². The first-order valence-electron chi connectivity index (χ1n) is 9.52. The minimum Gasteiger partial charge on any atom is -0.324 e. The fourth-order valence-corrected chi connectivity index (χ4v) is 3.59. The summed E-state index contributed by atoms with van der Waals surface area (Å²) in [4.78, 5) is 25.7. The number of halogens is 2. The zero-order chi connectivity index (χ0) is 22.3. The smallest absolute Gasteiger partial charge is 0.293 e. The Kier molecular flexibility index (Phi) is 5.56. The first-order chi connectivity index (χ1) is 14.7. The fraction of sp³-hybridized carbons (Fsp3) is 0.182. The van der Waals surface area contributed by atoms with E-state index >= 15 is 0 Å². The minimum absolute atomic E-state index is 0.256. The van der Waals surface area contributed by atoms with Gasteiger partial charge in [0.15, 0.2) is 0 Å². The number of fused-ring (bicyclic) bond motifs is 1. The highest BCUT2D eigenvalue weighted by Gasteiger charge is 2.17. The van der Waals surface area contributed by atoms with E-state index in [1.165, 1.54) is 0 Å². The monoisotopic (exact) mass is 455 g/mol. The Morgan fingerprint density at radius 3 is 2.52 bits per heavy atom. The molecular weight excluding hydrogens is 437 g/mol. The topological polar surface area (TPSA) is 81.8 Å². The summed E-state index contributed by atoms with van der Waals surface area (Å²) in [6.45, 7) is 5.55. The molecule has 0 aliphatic rings. The number of carbonyl (C=O) groups excluding carboxylic acids is 1. The van der Waals surface area contributed by atoms with Crippen LogP contribution in [0.5, 0.6) is 0 Å². The second-order valence-electron chi connectivity index (χ2n) is 7.31. The summed E-state index contributed by atoms with van der Waals surface area (Å²) >= 11 is 11.9. The summed E-state index contributed by atoms with van der Waals surface area (Å²) in [5, 5.41) is 12.8. The molecule has 1 N–H and O–H groups in total. The number of hydrogen-bond acceptors (Lipinski definition) is 4. The molecule has 0 spiro atoms. The third-order valence-electron chi connectivity index (χ3n) is 5.10. The normalized spacial score (nSPS) is 11.1. The Morgan fingerprint density at radius 2 is 1.81 bits per heavy atom. The number of carbonyl (C=O) groups is 1. The van der Waals surface area contributed by atoms with Crippen LogP contribution in [0.2, 0.25) is 10.0 Å². The molecular formula is C22H19Cl2N5O2. The van der Waals surface area contributed by atoms with Gasteiger partial charge in [0, 0.05) is 11.1 Å². The van der Waals surface area contributed by atoms with Crippen LogP contribution in [-0.4, -0.2) is 25.5 Å². The summed E-state index contributed by atoms with van der Waals surface area (Å²) < 4.78 is 2.73. The quantitative estimate of drug-likeness (QED) is 0.492. The molecule has 0 fully saturated rings.